The van der Waals surface area contributed by atoms with Gasteiger partial charge in [-0.1, -0.05) is 52.3 Å². The Morgan fingerprint density at radius 1 is 1.00 bits per heavy atom. The van der Waals surface area contributed by atoms with Crippen molar-refractivity contribution in [1.29, 1.82) is 0 Å². The molecule has 136 valence electrons. The topological polar surface area (TPSA) is 72.7 Å². The highest BCUT2D eigenvalue weighted by atomic mass is 79.9. The van der Waals surface area contributed by atoms with Gasteiger partial charge < -0.3 is 4.74 Å². The summed E-state index contributed by atoms with van der Waals surface area (Å²) in [7, 11) is 0. The fourth-order valence-electron chi connectivity index (χ4n) is 2.46. The van der Waals surface area contributed by atoms with Gasteiger partial charge in [-0.2, -0.15) is 0 Å². The molecule has 6 nitrogen and oxygen atoms in total. The van der Waals surface area contributed by atoms with Gasteiger partial charge in [-0.15, -0.1) is 0 Å². The number of hydrogen-bond donors (Lipinski definition) is 0. The first-order valence-electron chi connectivity index (χ1n) is 8.06. The van der Waals surface area contributed by atoms with Crippen molar-refractivity contribution >= 4 is 33.4 Å². The Morgan fingerprint density at radius 2 is 1.70 bits per heavy atom. The molecule has 0 aliphatic rings. The summed E-state index contributed by atoms with van der Waals surface area (Å²) >= 11 is 3.41. The van der Waals surface area contributed by atoms with Gasteiger partial charge in [-0.25, -0.2) is 4.79 Å². The van der Waals surface area contributed by atoms with Gasteiger partial charge in [0.1, 0.15) is 5.75 Å². The molecule has 0 aliphatic heterocycles. The van der Waals surface area contributed by atoms with Crippen LogP contribution >= 0.6 is 15.9 Å². The summed E-state index contributed by atoms with van der Waals surface area (Å²) < 4.78 is 6.26. The lowest BCUT2D eigenvalue weighted by atomic mass is 10.2. The maximum Gasteiger partial charge on any atom is 0.420 e. The zero-order valence-corrected chi connectivity index (χ0v) is 15.7. The number of nitro groups is 1. The summed E-state index contributed by atoms with van der Waals surface area (Å²) in [6.45, 7) is 0.323. The molecule has 0 unspecified atom stereocenters. The number of carbonyl (C=O) groups excluding carboxylic acids is 1. The number of halogens is 1. The smallest absolute Gasteiger partial charge is 0.410 e. The average molecular weight is 427 g/mol. The highest BCUT2D eigenvalue weighted by Gasteiger charge is 2.19. The van der Waals surface area contributed by atoms with E-state index < -0.39 is 11.0 Å². The van der Waals surface area contributed by atoms with Gasteiger partial charge in [0, 0.05) is 22.3 Å². The first kappa shape index (κ1) is 18.6. The fraction of sp³-hybridized carbons (Fsp3) is 0.0500. The molecule has 0 N–H and O–H groups in total. The van der Waals surface area contributed by atoms with Crippen LogP contribution in [0.5, 0.6) is 5.75 Å². The van der Waals surface area contributed by atoms with E-state index in [1.807, 2.05) is 54.6 Å². The quantitative estimate of drug-likeness (QED) is 0.395. The van der Waals surface area contributed by atoms with Gasteiger partial charge in [0.05, 0.1) is 11.5 Å². The Balaban J connectivity index is 1.85. The van der Waals surface area contributed by atoms with E-state index in [0.717, 1.165) is 10.0 Å². The largest absolute Gasteiger partial charge is 0.420 e. The standard InChI is InChI=1S/C20H15BrN2O4/c21-16-7-4-8-18(13-16)22(14-15-5-2-1-3-6-15)20(24)27-19-11-9-17(10-12-19)23(25)26/h1-13H,14H2. The SMILES string of the molecule is O=C(Oc1ccc([N+](=O)[O-])cc1)N(Cc1ccccc1)c1cccc(Br)c1. The zero-order chi connectivity index (χ0) is 19.2. The molecule has 3 aromatic rings. The molecule has 0 bridgehead atoms. The van der Waals surface area contributed by atoms with E-state index in [0.29, 0.717) is 12.2 Å². The van der Waals surface area contributed by atoms with Crippen LogP contribution in [0.2, 0.25) is 0 Å². The number of benzene rings is 3. The molecule has 7 heteroatoms. The molecule has 0 radical (unpaired) electrons. The fourth-order valence-corrected chi connectivity index (χ4v) is 2.85. The number of nitrogens with zero attached hydrogens (tertiary/aromatic N) is 2. The van der Waals surface area contributed by atoms with Gasteiger partial charge in [-0.3, -0.25) is 15.0 Å². The van der Waals surface area contributed by atoms with Crippen molar-refractivity contribution in [3.05, 3.63) is 99.0 Å². The van der Waals surface area contributed by atoms with Crippen LogP contribution in [-0.2, 0) is 6.54 Å². The molecule has 3 aromatic carbocycles. The van der Waals surface area contributed by atoms with Gasteiger partial charge >= 0.3 is 6.09 Å². The molecule has 1 amide bonds. The van der Waals surface area contributed by atoms with Crippen LogP contribution in [0.15, 0.2) is 83.3 Å². The Labute approximate surface area is 164 Å². The van der Waals surface area contributed by atoms with Crippen LogP contribution in [0.25, 0.3) is 0 Å². The number of non-ortho nitro benzene ring substituents is 1. The highest BCUT2D eigenvalue weighted by molar-refractivity contribution is 9.10. The molecule has 0 aromatic heterocycles. The molecule has 0 saturated carbocycles. The maximum atomic E-state index is 12.8. The van der Waals surface area contributed by atoms with Crippen LogP contribution < -0.4 is 9.64 Å². The van der Waals surface area contributed by atoms with E-state index in [-0.39, 0.29) is 11.4 Å². The van der Waals surface area contributed by atoms with E-state index in [2.05, 4.69) is 15.9 Å². The number of ether oxygens (including phenoxy) is 1. The second-order valence-electron chi connectivity index (χ2n) is 5.67. The third-order valence-corrected chi connectivity index (χ3v) is 4.27. The van der Waals surface area contributed by atoms with E-state index in [9.17, 15) is 14.9 Å². The summed E-state index contributed by atoms with van der Waals surface area (Å²) in [6, 6.07) is 22.3. The third kappa shape index (κ3) is 4.92. The van der Waals surface area contributed by atoms with Gasteiger partial charge in [0.15, 0.2) is 0 Å². The van der Waals surface area contributed by atoms with E-state index >= 15 is 0 Å². The molecule has 0 aliphatic carbocycles. The number of hydrogen-bond acceptors (Lipinski definition) is 4. The Morgan fingerprint density at radius 3 is 2.33 bits per heavy atom. The van der Waals surface area contributed by atoms with Gasteiger partial charge in [0.25, 0.3) is 5.69 Å². The third-order valence-electron chi connectivity index (χ3n) is 3.78. The second kappa shape index (κ2) is 8.46. The minimum Gasteiger partial charge on any atom is -0.410 e. The molecule has 27 heavy (non-hydrogen) atoms. The van der Waals surface area contributed by atoms with E-state index in [4.69, 9.17) is 4.74 Å². The first-order chi connectivity index (χ1) is 13.0. The number of amides is 1. The Kier molecular flexibility index (Phi) is 5.83. The molecule has 0 atom stereocenters. The lowest BCUT2D eigenvalue weighted by molar-refractivity contribution is -0.384. The van der Waals surface area contributed by atoms with Crippen LogP contribution in [0.1, 0.15) is 5.56 Å². The minimum atomic E-state index is -0.578. The lowest BCUT2D eigenvalue weighted by Crippen LogP contribution is -2.33. The van der Waals surface area contributed by atoms with Gasteiger partial charge in [-0.05, 0) is 35.9 Å². The van der Waals surface area contributed by atoms with Crippen molar-refractivity contribution in [3.63, 3.8) is 0 Å². The predicted octanol–water partition coefficient (Wildman–Crippen LogP) is 5.56. The van der Waals surface area contributed by atoms with Crippen molar-refractivity contribution in [3.8, 4) is 5.75 Å². The summed E-state index contributed by atoms with van der Waals surface area (Å²) in [4.78, 5) is 24.5. The van der Waals surface area contributed by atoms with Crippen molar-refractivity contribution in [2.75, 3.05) is 4.90 Å². The normalized spacial score (nSPS) is 10.3. The number of nitro benzene ring substituents is 1. The van der Waals surface area contributed by atoms with Crippen LogP contribution in [0, 0.1) is 10.1 Å². The monoisotopic (exact) mass is 426 g/mol. The van der Waals surface area contributed by atoms with Crippen molar-refractivity contribution in [2.45, 2.75) is 6.54 Å². The summed E-state index contributed by atoms with van der Waals surface area (Å²) in [6.07, 6.45) is -0.578. The van der Waals surface area contributed by atoms with Crippen molar-refractivity contribution < 1.29 is 14.5 Å². The van der Waals surface area contributed by atoms with E-state index in [1.165, 1.54) is 29.2 Å². The first-order valence-corrected chi connectivity index (χ1v) is 8.85. The Hall–Kier alpha value is -3.19. The number of anilines is 1. The predicted molar refractivity (Wildman–Crippen MR) is 106 cm³/mol. The second-order valence-corrected chi connectivity index (χ2v) is 6.59. The zero-order valence-electron chi connectivity index (χ0n) is 14.1. The van der Waals surface area contributed by atoms with Crippen molar-refractivity contribution in [1.82, 2.24) is 0 Å². The molecule has 0 spiro atoms. The van der Waals surface area contributed by atoms with Crippen LogP contribution in [0.3, 0.4) is 0 Å². The highest BCUT2D eigenvalue weighted by Crippen LogP contribution is 2.24. The van der Waals surface area contributed by atoms with Crippen LogP contribution in [0.4, 0.5) is 16.2 Å². The van der Waals surface area contributed by atoms with E-state index in [1.54, 1.807) is 0 Å². The molecule has 0 heterocycles. The number of rotatable bonds is 5. The van der Waals surface area contributed by atoms with Crippen molar-refractivity contribution in [2.24, 2.45) is 0 Å². The Bertz CT molecular complexity index is 946. The molecule has 0 saturated heterocycles. The summed E-state index contributed by atoms with van der Waals surface area (Å²) in [5.74, 6) is 0.235. The molecule has 3 rings (SSSR count). The minimum absolute atomic E-state index is 0.0667. The lowest BCUT2D eigenvalue weighted by Gasteiger charge is -2.22. The van der Waals surface area contributed by atoms with Crippen LogP contribution in [-0.4, -0.2) is 11.0 Å². The summed E-state index contributed by atoms with van der Waals surface area (Å²) in [5.41, 5.74) is 1.54. The summed E-state index contributed by atoms with van der Waals surface area (Å²) in [5, 5.41) is 10.7. The molecular formula is C20H15BrN2O4. The van der Waals surface area contributed by atoms with Gasteiger partial charge in [0.2, 0.25) is 0 Å². The molecular weight excluding hydrogens is 412 g/mol. The number of carbonyl (C=O) groups is 1. The maximum absolute atomic E-state index is 12.8. The average Bonchev–Trinajstić information content (AvgIpc) is 2.67. The molecule has 0 fully saturated rings.